The number of amides is 2. The van der Waals surface area contributed by atoms with Gasteiger partial charge < -0.3 is 30.0 Å². The van der Waals surface area contributed by atoms with Gasteiger partial charge in [-0.25, -0.2) is 13.8 Å². The molecule has 2 aromatic carbocycles. The molecular formula is C28H25Cl2F2N5O4. The van der Waals surface area contributed by atoms with E-state index in [1.165, 1.54) is 26.6 Å². The lowest BCUT2D eigenvalue weighted by Gasteiger charge is -2.24. The first-order valence-corrected chi connectivity index (χ1v) is 13.2. The van der Waals surface area contributed by atoms with Crippen molar-refractivity contribution >= 4 is 58.3 Å². The molecule has 1 aromatic heterocycles. The number of ether oxygens (including phenoxy) is 2. The first-order chi connectivity index (χ1) is 19.5. The molecule has 2 aliphatic heterocycles. The van der Waals surface area contributed by atoms with Crippen LogP contribution in [0.25, 0.3) is 5.70 Å². The Labute approximate surface area is 244 Å². The van der Waals surface area contributed by atoms with Crippen LogP contribution in [-0.2, 0) is 14.3 Å². The molecule has 3 N–H and O–H groups in total. The molecule has 0 radical (unpaired) electrons. The fourth-order valence-electron chi connectivity index (χ4n) is 5.01. The van der Waals surface area contributed by atoms with Crippen molar-refractivity contribution in [1.82, 2.24) is 9.88 Å². The van der Waals surface area contributed by atoms with E-state index >= 15 is 0 Å². The van der Waals surface area contributed by atoms with E-state index in [1.54, 1.807) is 22.8 Å². The molecule has 2 aliphatic rings. The molecule has 2 amide bonds. The number of aliphatic imine (C=N–C) groups is 1. The largest absolute Gasteiger partial charge is 0.481 e. The Morgan fingerprint density at radius 3 is 2.59 bits per heavy atom. The van der Waals surface area contributed by atoms with Crippen LogP contribution in [0.2, 0.25) is 10.0 Å². The van der Waals surface area contributed by atoms with Crippen molar-refractivity contribution in [3.8, 4) is 0 Å². The molecule has 3 heterocycles. The molecular weight excluding hydrogens is 579 g/mol. The smallest absolute Gasteiger partial charge is 0.257 e. The van der Waals surface area contributed by atoms with Crippen molar-refractivity contribution in [1.29, 1.82) is 0 Å². The fraction of sp³-hybridized carbons (Fsp3) is 0.250. The number of fused-ring (bicyclic) bond motifs is 1. The van der Waals surface area contributed by atoms with Gasteiger partial charge in [-0.05, 0) is 29.7 Å². The van der Waals surface area contributed by atoms with E-state index in [-0.39, 0.29) is 28.1 Å². The standard InChI is InChI=1S/C28H25Cl2F2N5O4/c1-12(2)24-22(23-14-6-5-13(29)7-19(14)34-26(23)39)15(25(38)35-20-8-16(30)17(31)9-18(20)32)11-37(24)21-10-33-28(41-4)36-27(21)40-3/h5-12,23,28,36H,1-4H3,(H,34,39)(H,35,38). The van der Waals surface area contributed by atoms with Crippen LogP contribution in [0.1, 0.15) is 52.9 Å². The number of nitrogens with zero attached hydrogens (tertiary/aromatic N) is 2. The van der Waals surface area contributed by atoms with E-state index in [0.29, 0.717) is 45.2 Å². The van der Waals surface area contributed by atoms with E-state index in [4.69, 9.17) is 32.7 Å². The van der Waals surface area contributed by atoms with Crippen LogP contribution >= 0.6 is 23.2 Å². The van der Waals surface area contributed by atoms with Gasteiger partial charge in [0.1, 0.15) is 17.3 Å². The van der Waals surface area contributed by atoms with Gasteiger partial charge in [0.2, 0.25) is 18.1 Å². The third-order valence-corrected chi connectivity index (χ3v) is 7.30. The summed E-state index contributed by atoms with van der Waals surface area (Å²) in [7, 11) is 2.94. The lowest BCUT2D eigenvalue weighted by Crippen LogP contribution is -2.34. The number of carbonyl (C=O) groups excluding carboxylic acids is 2. The molecule has 214 valence electrons. The second-order valence-electron chi connectivity index (χ2n) is 9.65. The summed E-state index contributed by atoms with van der Waals surface area (Å²) in [6, 6.07) is 6.57. The summed E-state index contributed by atoms with van der Waals surface area (Å²) in [6.07, 6.45) is 2.36. The maximum Gasteiger partial charge on any atom is 0.257 e. The lowest BCUT2D eigenvalue weighted by atomic mass is 9.87. The predicted octanol–water partition coefficient (Wildman–Crippen LogP) is 5.91. The van der Waals surface area contributed by atoms with Crippen molar-refractivity contribution in [3.63, 3.8) is 0 Å². The Bertz CT molecular complexity index is 1640. The zero-order valence-corrected chi connectivity index (χ0v) is 23.8. The van der Waals surface area contributed by atoms with Gasteiger partial charge in [0.25, 0.3) is 5.91 Å². The summed E-state index contributed by atoms with van der Waals surface area (Å²) in [6.45, 7) is 3.81. The molecule has 9 nitrogen and oxygen atoms in total. The first kappa shape index (κ1) is 28.6. The summed E-state index contributed by atoms with van der Waals surface area (Å²) in [4.78, 5) is 31.6. The van der Waals surface area contributed by atoms with Crippen LogP contribution in [0.5, 0.6) is 0 Å². The third-order valence-electron chi connectivity index (χ3n) is 6.77. The van der Waals surface area contributed by atoms with E-state index < -0.39 is 29.8 Å². The number of allylic oxidation sites excluding steroid dienone is 1. The number of rotatable bonds is 7. The van der Waals surface area contributed by atoms with Crippen molar-refractivity contribution in [2.75, 3.05) is 24.9 Å². The number of nitrogens with one attached hydrogen (secondary N) is 3. The molecule has 2 unspecified atom stereocenters. The van der Waals surface area contributed by atoms with Crippen molar-refractivity contribution < 1.29 is 27.8 Å². The zero-order chi connectivity index (χ0) is 29.6. The minimum atomic E-state index is -1.01. The molecule has 0 spiro atoms. The fourth-order valence-corrected chi connectivity index (χ4v) is 5.35. The first-order valence-electron chi connectivity index (χ1n) is 12.5. The molecule has 0 bridgehead atoms. The zero-order valence-electron chi connectivity index (χ0n) is 22.3. The van der Waals surface area contributed by atoms with Crippen LogP contribution < -0.4 is 16.0 Å². The second kappa shape index (κ2) is 11.2. The number of methoxy groups -OCH3 is 2. The summed E-state index contributed by atoms with van der Waals surface area (Å²) >= 11 is 12.0. The summed E-state index contributed by atoms with van der Waals surface area (Å²) in [5, 5.41) is 8.39. The monoisotopic (exact) mass is 603 g/mol. The quantitative estimate of drug-likeness (QED) is 0.291. The maximum absolute atomic E-state index is 14.6. The highest BCUT2D eigenvalue weighted by Gasteiger charge is 2.39. The minimum Gasteiger partial charge on any atom is -0.481 e. The molecule has 13 heteroatoms. The van der Waals surface area contributed by atoms with Crippen molar-refractivity contribution in [2.24, 2.45) is 4.99 Å². The number of carbonyl (C=O) groups is 2. The Hall–Kier alpha value is -3.93. The van der Waals surface area contributed by atoms with E-state index in [9.17, 15) is 18.4 Å². The third kappa shape index (κ3) is 5.16. The van der Waals surface area contributed by atoms with Gasteiger partial charge in [-0.1, -0.05) is 43.1 Å². The molecule has 3 aromatic rings. The van der Waals surface area contributed by atoms with Gasteiger partial charge in [0, 0.05) is 41.3 Å². The van der Waals surface area contributed by atoms with Gasteiger partial charge in [0.05, 0.1) is 35.5 Å². The van der Waals surface area contributed by atoms with Crippen LogP contribution in [0.3, 0.4) is 0 Å². The van der Waals surface area contributed by atoms with E-state index in [2.05, 4.69) is 20.9 Å². The molecule has 5 rings (SSSR count). The van der Waals surface area contributed by atoms with Gasteiger partial charge in [-0.15, -0.1) is 0 Å². The second-order valence-corrected chi connectivity index (χ2v) is 10.5. The van der Waals surface area contributed by atoms with E-state index in [0.717, 1.165) is 6.07 Å². The highest BCUT2D eigenvalue weighted by Crippen LogP contribution is 2.44. The molecule has 2 atom stereocenters. The Kier molecular flexibility index (Phi) is 7.78. The molecule has 0 aliphatic carbocycles. The Morgan fingerprint density at radius 1 is 1.15 bits per heavy atom. The van der Waals surface area contributed by atoms with Gasteiger partial charge in [-0.2, -0.15) is 0 Å². The molecule has 0 fully saturated rings. The molecule has 41 heavy (non-hydrogen) atoms. The number of halogens is 4. The van der Waals surface area contributed by atoms with Gasteiger partial charge in [0.15, 0.2) is 0 Å². The summed E-state index contributed by atoms with van der Waals surface area (Å²) in [5.41, 5.74) is 2.30. The Morgan fingerprint density at radius 2 is 1.90 bits per heavy atom. The van der Waals surface area contributed by atoms with Gasteiger partial charge >= 0.3 is 0 Å². The Balaban J connectivity index is 1.74. The number of anilines is 2. The molecule has 0 saturated carbocycles. The van der Waals surface area contributed by atoms with Crippen LogP contribution in [0.4, 0.5) is 20.2 Å². The van der Waals surface area contributed by atoms with Crippen LogP contribution in [-0.4, -0.2) is 43.2 Å². The number of hydrogen-bond acceptors (Lipinski definition) is 6. The average molecular weight is 604 g/mol. The van der Waals surface area contributed by atoms with Crippen LogP contribution in [0, 0.1) is 11.6 Å². The van der Waals surface area contributed by atoms with Crippen molar-refractivity contribution in [3.05, 3.63) is 86.5 Å². The average Bonchev–Trinajstić information content (AvgIpc) is 3.47. The normalized spacial score (nSPS) is 17.9. The summed E-state index contributed by atoms with van der Waals surface area (Å²) in [5.74, 6) is -3.92. The number of aromatic nitrogens is 1. The highest BCUT2D eigenvalue weighted by atomic mass is 35.5. The van der Waals surface area contributed by atoms with E-state index in [1.807, 2.05) is 13.8 Å². The lowest BCUT2D eigenvalue weighted by molar-refractivity contribution is -0.116. The topological polar surface area (TPSA) is 106 Å². The minimum absolute atomic E-state index is 0.0710. The number of benzene rings is 2. The number of hydrogen-bond donors (Lipinski definition) is 3. The SMILES string of the molecule is COC1=C(n2cc(C(=O)Nc3cc(Cl)c(F)cc3F)c(C3C(=O)Nc4cc(Cl)ccc43)c2C(C)C)C=NC(OC)N1. The predicted molar refractivity (Wildman–Crippen MR) is 152 cm³/mol. The van der Waals surface area contributed by atoms with Gasteiger partial charge in [-0.3, -0.25) is 9.59 Å². The van der Waals surface area contributed by atoms with Crippen molar-refractivity contribution in [2.45, 2.75) is 32.0 Å². The highest BCUT2D eigenvalue weighted by molar-refractivity contribution is 6.31. The summed E-state index contributed by atoms with van der Waals surface area (Å²) < 4.78 is 40.9. The maximum atomic E-state index is 14.6. The molecule has 0 saturated heterocycles. The van der Waals surface area contributed by atoms with Crippen LogP contribution in [0.15, 0.2) is 47.4 Å².